The largest absolute Gasteiger partial charge is 0.382 e. The van der Waals surface area contributed by atoms with Gasteiger partial charge in [0.2, 0.25) is 0 Å². The number of carbonyl (C=O) groups excluding carboxylic acids is 1. The number of hydrogen-bond acceptors (Lipinski definition) is 3. The van der Waals surface area contributed by atoms with E-state index in [0.29, 0.717) is 11.3 Å². The number of amides is 1. The summed E-state index contributed by atoms with van der Waals surface area (Å²) in [6.07, 6.45) is 3.66. The lowest BCUT2D eigenvalue weighted by Crippen LogP contribution is -2.22. The maximum atomic E-state index is 12.4. The molecule has 3 rings (SSSR count). The molecule has 0 saturated heterocycles. The molecule has 2 N–H and O–H groups in total. The smallest absolute Gasteiger partial charge is 0.282 e. The molecule has 5 heteroatoms. The van der Waals surface area contributed by atoms with E-state index in [9.17, 15) is 4.79 Å². The van der Waals surface area contributed by atoms with E-state index in [-0.39, 0.29) is 11.7 Å². The molecule has 100 valence electrons. The van der Waals surface area contributed by atoms with E-state index in [1.54, 1.807) is 6.08 Å². The van der Waals surface area contributed by atoms with Crippen molar-refractivity contribution >= 4 is 23.5 Å². The van der Waals surface area contributed by atoms with Crippen LogP contribution < -0.4 is 10.7 Å². The number of hydrogen-bond donors (Lipinski definition) is 1. The van der Waals surface area contributed by atoms with Gasteiger partial charge in [0.05, 0.1) is 11.3 Å². The Bertz CT molecular complexity index is 712. The van der Waals surface area contributed by atoms with Crippen molar-refractivity contribution < 1.29 is 4.79 Å². The highest BCUT2D eigenvalue weighted by Crippen LogP contribution is 2.23. The molecule has 0 saturated carbocycles. The molecule has 0 aliphatic carbocycles. The summed E-state index contributed by atoms with van der Waals surface area (Å²) in [6.45, 7) is 0. The third kappa shape index (κ3) is 1.99. The maximum Gasteiger partial charge on any atom is 0.282 e. The summed E-state index contributed by atoms with van der Waals surface area (Å²) in [6, 6.07) is 13.1. The number of amidine groups is 1. The quantitative estimate of drug-likeness (QED) is 0.841. The number of rotatable bonds is 2. The van der Waals surface area contributed by atoms with Crippen molar-refractivity contribution in [3.05, 3.63) is 59.9 Å². The highest BCUT2D eigenvalue weighted by atomic mass is 16.2. The van der Waals surface area contributed by atoms with Crippen LogP contribution in [0.4, 0.5) is 5.69 Å². The molecular formula is C15H14N4O. The van der Waals surface area contributed by atoms with Crippen molar-refractivity contribution in [2.24, 2.45) is 17.9 Å². The number of aromatic nitrogens is 1. The van der Waals surface area contributed by atoms with Crippen LogP contribution in [0.3, 0.4) is 0 Å². The molecule has 1 aromatic heterocycles. The second kappa shape index (κ2) is 4.70. The summed E-state index contributed by atoms with van der Waals surface area (Å²) < 4.78 is 1.92. The number of para-hydroxylation sites is 1. The molecule has 2 aromatic rings. The van der Waals surface area contributed by atoms with Crippen molar-refractivity contribution in [2.45, 2.75) is 0 Å². The number of benzene rings is 1. The zero-order valence-electron chi connectivity index (χ0n) is 11.0. The van der Waals surface area contributed by atoms with Crippen LogP contribution in [0, 0.1) is 0 Å². The van der Waals surface area contributed by atoms with Gasteiger partial charge in [-0.2, -0.15) is 5.01 Å². The minimum Gasteiger partial charge on any atom is -0.382 e. The maximum absolute atomic E-state index is 12.4. The van der Waals surface area contributed by atoms with E-state index in [2.05, 4.69) is 5.10 Å². The van der Waals surface area contributed by atoms with Crippen LogP contribution in [0.1, 0.15) is 5.69 Å². The van der Waals surface area contributed by atoms with Gasteiger partial charge in [-0.25, -0.2) is 0 Å². The molecule has 1 aromatic carbocycles. The van der Waals surface area contributed by atoms with E-state index in [1.807, 2.05) is 60.3 Å². The molecule has 1 aliphatic heterocycles. The molecule has 2 heterocycles. The average molecular weight is 266 g/mol. The Hall–Kier alpha value is -2.82. The van der Waals surface area contributed by atoms with E-state index in [1.165, 1.54) is 5.01 Å². The molecule has 0 atom stereocenters. The van der Waals surface area contributed by atoms with Crippen molar-refractivity contribution in [1.82, 2.24) is 4.57 Å². The molecule has 1 aliphatic rings. The molecule has 0 bridgehead atoms. The zero-order valence-corrected chi connectivity index (χ0v) is 11.0. The first-order valence-corrected chi connectivity index (χ1v) is 6.24. The van der Waals surface area contributed by atoms with Gasteiger partial charge in [-0.15, -0.1) is 5.10 Å². The monoisotopic (exact) mass is 266 g/mol. The van der Waals surface area contributed by atoms with Crippen LogP contribution >= 0.6 is 0 Å². The number of hydrazone groups is 1. The molecule has 0 radical (unpaired) electrons. The predicted octanol–water partition coefficient (Wildman–Crippen LogP) is 1.73. The Kier molecular flexibility index (Phi) is 2.87. The predicted molar refractivity (Wildman–Crippen MR) is 78.9 cm³/mol. The third-order valence-corrected chi connectivity index (χ3v) is 3.18. The minimum atomic E-state index is -0.213. The second-order valence-corrected chi connectivity index (χ2v) is 4.54. The molecule has 0 spiro atoms. The standard InChI is InChI=1S/C15H14N4O/c1-18-9-5-8-12(18)10-13-14(16)17-19(15(13)20)11-6-3-2-4-7-11/h2-10H,1H3,(H2,16,17). The first kappa shape index (κ1) is 12.2. The van der Waals surface area contributed by atoms with Gasteiger partial charge in [0.1, 0.15) is 0 Å². The summed E-state index contributed by atoms with van der Waals surface area (Å²) in [5.74, 6) is 0.0231. The van der Waals surface area contributed by atoms with Crippen LogP contribution in [0.25, 0.3) is 6.08 Å². The average Bonchev–Trinajstić information content (AvgIpc) is 2.98. The minimum absolute atomic E-state index is 0.213. The van der Waals surface area contributed by atoms with Gasteiger partial charge in [-0.1, -0.05) is 18.2 Å². The lowest BCUT2D eigenvalue weighted by molar-refractivity contribution is -0.114. The Balaban J connectivity index is 1.98. The van der Waals surface area contributed by atoms with Crippen LogP contribution in [0.2, 0.25) is 0 Å². The van der Waals surface area contributed by atoms with Gasteiger partial charge < -0.3 is 10.3 Å². The molecule has 0 fully saturated rings. The Labute approximate surface area is 116 Å². The number of nitrogens with zero attached hydrogens (tertiary/aromatic N) is 3. The number of nitrogens with two attached hydrogens (primary N) is 1. The highest BCUT2D eigenvalue weighted by molar-refractivity contribution is 6.31. The van der Waals surface area contributed by atoms with Gasteiger partial charge in [0.25, 0.3) is 5.91 Å². The lowest BCUT2D eigenvalue weighted by atomic mass is 10.2. The Morgan fingerprint density at radius 2 is 1.90 bits per heavy atom. The molecule has 20 heavy (non-hydrogen) atoms. The zero-order chi connectivity index (χ0) is 14.1. The number of aryl methyl sites for hydroxylation is 1. The van der Waals surface area contributed by atoms with Crippen molar-refractivity contribution in [1.29, 1.82) is 0 Å². The Morgan fingerprint density at radius 1 is 1.15 bits per heavy atom. The molecule has 5 nitrogen and oxygen atoms in total. The van der Waals surface area contributed by atoms with Gasteiger partial charge >= 0.3 is 0 Å². The normalized spacial score (nSPS) is 16.9. The van der Waals surface area contributed by atoms with Gasteiger partial charge in [-0.3, -0.25) is 4.79 Å². The fourth-order valence-electron chi connectivity index (χ4n) is 2.08. The third-order valence-electron chi connectivity index (χ3n) is 3.18. The highest BCUT2D eigenvalue weighted by Gasteiger charge is 2.29. The van der Waals surface area contributed by atoms with Gasteiger partial charge in [0, 0.05) is 18.9 Å². The van der Waals surface area contributed by atoms with Crippen LogP contribution in [-0.4, -0.2) is 16.3 Å². The van der Waals surface area contributed by atoms with Crippen molar-refractivity contribution in [2.75, 3.05) is 5.01 Å². The Morgan fingerprint density at radius 3 is 2.55 bits per heavy atom. The summed E-state index contributed by atoms with van der Waals surface area (Å²) >= 11 is 0. The molecular weight excluding hydrogens is 252 g/mol. The second-order valence-electron chi connectivity index (χ2n) is 4.54. The molecule has 0 unspecified atom stereocenters. The summed E-state index contributed by atoms with van der Waals surface area (Å²) in [4.78, 5) is 12.4. The number of anilines is 1. The first-order valence-electron chi connectivity index (χ1n) is 6.24. The SMILES string of the molecule is Cn1cccc1C=C1C(=O)N(c2ccccc2)N=C1N. The van der Waals surface area contributed by atoms with Crippen molar-refractivity contribution in [3.63, 3.8) is 0 Å². The summed E-state index contributed by atoms with van der Waals surface area (Å²) in [7, 11) is 1.91. The first-order chi connectivity index (χ1) is 9.66. The fourth-order valence-corrected chi connectivity index (χ4v) is 2.08. The van der Waals surface area contributed by atoms with Crippen molar-refractivity contribution in [3.8, 4) is 0 Å². The number of carbonyl (C=O) groups is 1. The van der Waals surface area contributed by atoms with E-state index >= 15 is 0 Å². The fraction of sp³-hybridized carbons (Fsp3) is 0.0667. The van der Waals surface area contributed by atoms with Crippen LogP contribution in [-0.2, 0) is 11.8 Å². The topological polar surface area (TPSA) is 63.6 Å². The van der Waals surface area contributed by atoms with E-state index < -0.39 is 0 Å². The lowest BCUT2D eigenvalue weighted by Gasteiger charge is -2.10. The van der Waals surface area contributed by atoms with Gasteiger partial charge in [-0.05, 0) is 30.3 Å². The van der Waals surface area contributed by atoms with E-state index in [4.69, 9.17) is 5.73 Å². The summed E-state index contributed by atoms with van der Waals surface area (Å²) in [5.41, 5.74) is 7.89. The van der Waals surface area contributed by atoms with E-state index in [0.717, 1.165) is 5.69 Å². The van der Waals surface area contributed by atoms with Crippen LogP contribution in [0.15, 0.2) is 59.3 Å². The molecule has 1 amide bonds. The summed E-state index contributed by atoms with van der Waals surface area (Å²) in [5, 5.41) is 5.46. The van der Waals surface area contributed by atoms with Crippen LogP contribution in [0.5, 0.6) is 0 Å². The van der Waals surface area contributed by atoms with Gasteiger partial charge in [0.15, 0.2) is 5.84 Å².